The van der Waals surface area contributed by atoms with Crippen LogP contribution >= 0.6 is 0 Å². The van der Waals surface area contributed by atoms with Crippen molar-refractivity contribution in [3.63, 3.8) is 0 Å². The Morgan fingerprint density at radius 2 is 1.21 bits per heavy atom. The van der Waals surface area contributed by atoms with E-state index in [4.69, 9.17) is 47.6 Å². The third kappa shape index (κ3) is 5.32. The van der Waals surface area contributed by atoms with E-state index in [1.807, 2.05) is 0 Å². The van der Waals surface area contributed by atoms with Gasteiger partial charge < -0.3 is 78.3 Å². The predicted molar refractivity (Wildman–Crippen MR) is 110 cm³/mol. The minimum absolute atomic E-state index is 0.115. The van der Waals surface area contributed by atoms with Gasteiger partial charge in [-0.05, 0) is 6.42 Å². The van der Waals surface area contributed by atoms with Crippen LogP contribution in [0.1, 0.15) is 6.42 Å². The highest BCUT2D eigenvalue weighted by molar-refractivity contribution is 5.01. The van der Waals surface area contributed by atoms with E-state index in [2.05, 4.69) is 0 Å². The summed E-state index contributed by atoms with van der Waals surface area (Å²) in [4.78, 5) is 0. The summed E-state index contributed by atoms with van der Waals surface area (Å²) in [5, 5.41) is 60.9. The van der Waals surface area contributed by atoms with Crippen LogP contribution in [0.25, 0.3) is 0 Å². The maximum absolute atomic E-state index is 11.0. The molecule has 194 valence electrons. The number of nitrogens with two attached hydrogens (primary N) is 5. The molecule has 1 aliphatic carbocycles. The Balaban J connectivity index is 1.72. The molecular weight excluding hydrogens is 446 g/mol. The second-order valence-corrected chi connectivity index (χ2v) is 8.88. The molecule has 1 saturated carbocycles. The Hall–Kier alpha value is -0.600. The summed E-state index contributed by atoms with van der Waals surface area (Å²) in [5.41, 5.74) is 29.6. The molecule has 3 aliphatic rings. The molecule has 15 heteroatoms. The topological polar surface area (TPSA) is 288 Å². The molecule has 2 heterocycles. The Morgan fingerprint density at radius 1 is 0.667 bits per heavy atom. The molecular formula is C18H37N5O10. The van der Waals surface area contributed by atoms with Gasteiger partial charge in [0.05, 0.1) is 18.7 Å². The van der Waals surface area contributed by atoms with Gasteiger partial charge in [-0.15, -0.1) is 0 Å². The van der Waals surface area contributed by atoms with Crippen LogP contribution in [-0.4, -0.2) is 135 Å². The number of ether oxygens (including phenoxy) is 4. The van der Waals surface area contributed by atoms with Crippen LogP contribution < -0.4 is 28.7 Å². The van der Waals surface area contributed by atoms with E-state index >= 15 is 0 Å². The van der Waals surface area contributed by atoms with Gasteiger partial charge in [0, 0.05) is 18.6 Å². The number of hydrogen-bond donors (Lipinski definition) is 11. The largest absolute Gasteiger partial charge is 0.394 e. The van der Waals surface area contributed by atoms with E-state index in [9.17, 15) is 30.6 Å². The van der Waals surface area contributed by atoms with Gasteiger partial charge in [0.2, 0.25) is 0 Å². The molecule has 15 atom stereocenters. The summed E-state index contributed by atoms with van der Waals surface area (Å²) in [6.07, 6.45) is -13.9. The first-order valence-electron chi connectivity index (χ1n) is 10.9. The van der Waals surface area contributed by atoms with Crippen LogP contribution in [0.4, 0.5) is 0 Å². The molecule has 0 radical (unpaired) electrons. The van der Waals surface area contributed by atoms with Crippen molar-refractivity contribution in [2.45, 2.75) is 98.1 Å². The van der Waals surface area contributed by atoms with Gasteiger partial charge in [-0.2, -0.15) is 0 Å². The summed E-state index contributed by atoms with van der Waals surface area (Å²) in [7, 11) is 0. The summed E-state index contributed by atoms with van der Waals surface area (Å²) in [6, 6.07) is -3.92. The van der Waals surface area contributed by atoms with Crippen molar-refractivity contribution in [2.24, 2.45) is 28.7 Å². The van der Waals surface area contributed by atoms with Crippen molar-refractivity contribution in [2.75, 3.05) is 13.2 Å². The lowest BCUT2D eigenvalue weighted by atomic mass is 9.84. The van der Waals surface area contributed by atoms with Crippen molar-refractivity contribution in [3.05, 3.63) is 0 Å². The number of hydrogen-bond acceptors (Lipinski definition) is 15. The zero-order valence-corrected chi connectivity index (χ0v) is 18.0. The molecule has 3 rings (SSSR count). The fraction of sp³-hybridized carbons (Fsp3) is 1.00. The lowest BCUT2D eigenvalue weighted by molar-refractivity contribution is -0.318. The van der Waals surface area contributed by atoms with Crippen molar-refractivity contribution in [3.8, 4) is 0 Å². The molecule has 0 aromatic heterocycles. The van der Waals surface area contributed by atoms with Crippen LogP contribution in [0, 0.1) is 0 Å². The van der Waals surface area contributed by atoms with Gasteiger partial charge in [-0.3, -0.25) is 0 Å². The lowest BCUT2D eigenvalue weighted by Crippen LogP contribution is -2.69. The molecule has 0 aromatic carbocycles. The first-order chi connectivity index (χ1) is 15.5. The van der Waals surface area contributed by atoms with Crippen molar-refractivity contribution >= 4 is 0 Å². The third-order valence-electron chi connectivity index (χ3n) is 6.56. The average molecular weight is 484 g/mol. The van der Waals surface area contributed by atoms with Crippen molar-refractivity contribution in [1.29, 1.82) is 0 Å². The summed E-state index contributed by atoms with van der Waals surface area (Å²) < 4.78 is 22.5. The maximum atomic E-state index is 11.0. The predicted octanol–water partition coefficient (Wildman–Crippen LogP) is -7.33. The van der Waals surface area contributed by atoms with E-state index in [0.717, 1.165) is 0 Å². The quantitative estimate of drug-likeness (QED) is 0.167. The smallest absolute Gasteiger partial charge is 0.186 e. The highest BCUT2D eigenvalue weighted by Crippen LogP contribution is 2.30. The summed E-state index contributed by atoms with van der Waals surface area (Å²) >= 11 is 0. The van der Waals surface area contributed by atoms with Gasteiger partial charge in [0.1, 0.15) is 54.9 Å². The van der Waals surface area contributed by atoms with Gasteiger partial charge in [-0.1, -0.05) is 0 Å². The molecule has 0 amide bonds. The summed E-state index contributed by atoms with van der Waals surface area (Å²) in [6.45, 7) is -0.694. The van der Waals surface area contributed by atoms with Gasteiger partial charge in [0.25, 0.3) is 0 Å². The van der Waals surface area contributed by atoms with E-state index in [1.165, 1.54) is 0 Å². The van der Waals surface area contributed by atoms with E-state index in [1.54, 1.807) is 0 Å². The van der Waals surface area contributed by atoms with E-state index in [-0.39, 0.29) is 13.0 Å². The van der Waals surface area contributed by atoms with Crippen LogP contribution in [-0.2, 0) is 18.9 Å². The fourth-order valence-electron chi connectivity index (χ4n) is 4.45. The zero-order chi connectivity index (χ0) is 24.6. The van der Waals surface area contributed by atoms with Crippen molar-refractivity contribution < 1.29 is 49.6 Å². The van der Waals surface area contributed by atoms with Crippen LogP contribution in [0.3, 0.4) is 0 Å². The number of aliphatic hydroxyl groups is 6. The molecule has 33 heavy (non-hydrogen) atoms. The molecule has 15 nitrogen and oxygen atoms in total. The molecule has 1 unspecified atom stereocenters. The van der Waals surface area contributed by atoms with Crippen LogP contribution in [0.2, 0.25) is 0 Å². The second-order valence-electron chi connectivity index (χ2n) is 8.88. The molecule has 2 aliphatic heterocycles. The Labute approximate surface area is 190 Å². The highest BCUT2D eigenvalue weighted by atomic mass is 16.7. The lowest BCUT2D eigenvalue weighted by Gasteiger charge is -2.48. The minimum atomic E-state index is -1.48. The molecule has 2 saturated heterocycles. The molecule has 0 aromatic rings. The molecule has 0 spiro atoms. The average Bonchev–Trinajstić information content (AvgIpc) is 2.79. The standard InChI is InChI=1S/C18H37N5O10/c19-2-6-11(26)12(27)9(23)17(30-6)32-15-4(20)1-5(21)16(14(15)29)33-18-13(28)8(22)10(25)7(3-24)31-18/h4-18,24-29H,1-3,19-23H2/t4-,5+,6+,7+,8-,9+,10+,11+,12+,13+,14-,15+,16?,17+,18+/m0/s1. The van der Waals surface area contributed by atoms with Crippen molar-refractivity contribution in [1.82, 2.24) is 0 Å². The first-order valence-corrected chi connectivity index (χ1v) is 10.9. The normalized spacial score (nSPS) is 53.7. The fourth-order valence-corrected chi connectivity index (χ4v) is 4.45. The monoisotopic (exact) mass is 483 g/mol. The van der Waals surface area contributed by atoms with Gasteiger partial charge in [-0.25, -0.2) is 0 Å². The summed E-state index contributed by atoms with van der Waals surface area (Å²) in [5.74, 6) is 0. The second kappa shape index (κ2) is 11.0. The highest BCUT2D eigenvalue weighted by Gasteiger charge is 2.51. The zero-order valence-electron chi connectivity index (χ0n) is 18.0. The van der Waals surface area contributed by atoms with Crippen LogP contribution in [0.5, 0.6) is 0 Å². The van der Waals surface area contributed by atoms with Gasteiger partial charge >= 0.3 is 0 Å². The molecule has 3 fully saturated rings. The Morgan fingerprint density at radius 3 is 1.76 bits per heavy atom. The SMILES string of the molecule is NC[C@H]1O[C@H](O[C@H]2[C@H](O)C(O[C@H]3O[C@H](CO)[C@@H](O)[C@H](N)[C@H]3O)[C@H](N)C[C@@H]2N)[C@H](N)[C@@H](O)[C@@H]1O. The number of rotatable bonds is 6. The van der Waals surface area contributed by atoms with Crippen LogP contribution in [0.15, 0.2) is 0 Å². The van der Waals surface area contributed by atoms with E-state index in [0.29, 0.717) is 0 Å². The Kier molecular flexibility index (Phi) is 8.99. The number of aliphatic hydroxyl groups excluding tert-OH is 6. The van der Waals surface area contributed by atoms with E-state index < -0.39 is 98.3 Å². The Bertz CT molecular complexity index is 585. The molecule has 0 bridgehead atoms. The van der Waals surface area contributed by atoms with Gasteiger partial charge in [0.15, 0.2) is 12.6 Å². The third-order valence-corrected chi connectivity index (χ3v) is 6.56. The minimum Gasteiger partial charge on any atom is -0.394 e. The first kappa shape index (κ1) is 27.0. The molecule has 16 N–H and O–H groups in total. The maximum Gasteiger partial charge on any atom is 0.186 e.